The molecule has 154 valence electrons. The van der Waals surface area contributed by atoms with Gasteiger partial charge in [0.25, 0.3) is 5.91 Å². The molecule has 1 aromatic carbocycles. The van der Waals surface area contributed by atoms with E-state index in [1.54, 1.807) is 11.0 Å². The van der Waals surface area contributed by atoms with E-state index in [1.807, 2.05) is 26.0 Å². The Hall–Kier alpha value is -2.41. The van der Waals surface area contributed by atoms with Gasteiger partial charge in [0.2, 0.25) is 11.8 Å². The molecule has 0 aliphatic carbocycles. The van der Waals surface area contributed by atoms with Crippen molar-refractivity contribution in [3.8, 4) is 0 Å². The average molecular weight is 389 g/mol. The van der Waals surface area contributed by atoms with Crippen LogP contribution in [0.25, 0.3) is 0 Å². The van der Waals surface area contributed by atoms with E-state index in [9.17, 15) is 14.4 Å². The van der Waals surface area contributed by atoms with Gasteiger partial charge in [0.05, 0.1) is 13.1 Å². The maximum absolute atomic E-state index is 12.4. The van der Waals surface area contributed by atoms with Crippen LogP contribution in [0.15, 0.2) is 18.2 Å². The number of hydrogen-bond acceptors (Lipinski definition) is 4. The van der Waals surface area contributed by atoms with Crippen LogP contribution in [-0.4, -0.2) is 73.3 Å². The van der Waals surface area contributed by atoms with E-state index >= 15 is 0 Å². The molecule has 2 rings (SSSR count). The molecule has 0 aromatic heterocycles. The zero-order valence-corrected chi connectivity index (χ0v) is 17.2. The lowest BCUT2D eigenvalue weighted by Gasteiger charge is -2.34. The van der Waals surface area contributed by atoms with E-state index in [1.165, 1.54) is 0 Å². The minimum absolute atomic E-state index is 0.0107. The van der Waals surface area contributed by atoms with Crippen LogP contribution in [0, 0.1) is 13.8 Å². The summed E-state index contributed by atoms with van der Waals surface area (Å²) >= 11 is 0. The number of nitrogens with one attached hydrogen (secondary N) is 2. The van der Waals surface area contributed by atoms with E-state index in [2.05, 4.69) is 22.5 Å². The normalized spacial score (nSPS) is 14.6. The lowest BCUT2D eigenvalue weighted by Crippen LogP contribution is -2.53. The molecule has 7 heteroatoms. The fourth-order valence-electron chi connectivity index (χ4n) is 3.07. The summed E-state index contributed by atoms with van der Waals surface area (Å²) in [4.78, 5) is 40.3. The Balaban J connectivity index is 1.71. The molecule has 1 aliphatic rings. The Morgan fingerprint density at radius 3 is 2.36 bits per heavy atom. The van der Waals surface area contributed by atoms with Gasteiger partial charge in [-0.1, -0.05) is 19.4 Å². The van der Waals surface area contributed by atoms with Crippen molar-refractivity contribution in [2.24, 2.45) is 0 Å². The Kier molecular flexibility index (Phi) is 8.44. The van der Waals surface area contributed by atoms with E-state index in [0.717, 1.165) is 24.0 Å². The van der Waals surface area contributed by atoms with E-state index in [4.69, 9.17) is 0 Å². The average Bonchev–Trinajstić information content (AvgIpc) is 2.68. The smallest absolute Gasteiger partial charge is 0.251 e. The van der Waals surface area contributed by atoms with Gasteiger partial charge in [-0.3, -0.25) is 19.3 Å². The third kappa shape index (κ3) is 6.64. The van der Waals surface area contributed by atoms with Gasteiger partial charge in [-0.2, -0.15) is 0 Å². The molecule has 1 aliphatic heterocycles. The van der Waals surface area contributed by atoms with Crippen LogP contribution in [0.1, 0.15) is 41.3 Å². The third-order valence-corrected chi connectivity index (χ3v) is 5.11. The van der Waals surface area contributed by atoms with Crippen molar-refractivity contribution in [1.82, 2.24) is 20.4 Å². The number of amides is 3. The van der Waals surface area contributed by atoms with Crippen LogP contribution in [0.3, 0.4) is 0 Å². The van der Waals surface area contributed by atoms with Crippen molar-refractivity contribution >= 4 is 17.7 Å². The topological polar surface area (TPSA) is 81.8 Å². The third-order valence-electron chi connectivity index (χ3n) is 5.11. The molecule has 1 fully saturated rings. The number of nitrogens with zero attached hydrogens (tertiary/aromatic N) is 2. The van der Waals surface area contributed by atoms with Crippen molar-refractivity contribution in [2.75, 3.05) is 45.8 Å². The second-order valence-corrected chi connectivity index (χ2v) is 7.34. The molecule has 1 aromatic rings. The van der Waals surface area contributed by atoms with Gasteiger partial charge in [0, 0.05) is 38.3 Å². The molecule has 0 radical (unpaired) electrons. The molecule has 1 heterocycles. The second-order valence-electron chi connectivity index (χ2n) is 7.34. The predicted molar refractivity (Wildman–Crippen MR) is 109 cm³/mol. The van der Waals surface area contributed by atoms with Crippen LogP contribution < -0.4 is 10.6 Å². The summed E-state index contributed by atoms with van der Waals surface area (Å²) in [6, 6.07) is 5.51. The fraction of sp³-hybridized carbons (Fsp3) is 0.571. The highest BCUT2D eigenvalue weighted by molar-refractivity contribution is 5.96. The van der Waals surface area contributed by atoms with Crippen molar-refractivity contribution in [3.05, 3.63) is 34.9 Å². The first-order valence-corrected chi connectivity index (χ1v) is 10.0. The first-order chi connectivity index (χ1) is 13.4. The summed E-state index contributed by atoms with van der Waals surface area (Å²) in [6.07, 6.45) is 2.04. The quantitative estimate of drug-likeness (QED) is 0.654. The molecule has 7 nitrogen and oxygen atoms in total. The molecular formula is C21H32N4O3. The highest BCUT2D eigenvalue weighted by atomic mass is 16.2. The summed E-state index contributed by atoms with van der Waals surface area (Å²) < 4.78 is 0. The number of piperazine rings is 1. The highest BCUT2D eigenvalue weighted by Gasteiger charge is 2.22. The van der Waals surface area contributed by atoms with Crippen molar-refractivity contribution < 1.29 is 14.4 Å². The van der Waals surface area contributed by atoms with Crippen molar-refractivity contribution in [1.29, 1.82) is 0 Å². The standard InChI is InChI=1S/C21H32N4O3/c1-4-5-8-22-19(26)15-24-9-11-25(12-10-24)20(27)14-23-21(28)18-7-6-16(2)17(3)13-18/h6-7,13H,4-5,8-12,14-15H2,1-3H3,(H,22,26)(H,23,28). The summed E-state index contributed by atoms with van der Waals surface area (Å²) in [6.45, 7) is 9.59. The number of carbonyl (C=O) groups is 3. The van der Waals surface area contributed by atoms with Crippen LogP contribution in [0.5, 0.6) is 0 Å². The largest absolute Gasteiger partial charge is 0.355 e. The van der Waals surface area contributed by atoms with Crippen molar-refractivity contribution in [2.45, 2.75) is 33.6 Å². The van der Waals surface area contributed by atoms with E-state index in [0.29, 0.717) is 44.8 Å². The minimum Gasteiger partial charge on any atom is -0.355 e. The van der Waals surface area contributed by atoms with Gasteiger partial charge in [0.1, 0.15) is 0 Å². The van der Waals surface area contributed by atoms with Gasteiger partial charge < -0.3 is 15.5 Å². The molecule has 28 heavy (non-hydrogen) atoms. The minimum atomic E-state index is -0.237. The summed E-state index contributed by atoms with van der Waals surface area (Å²) in [5, 5.41) is 5.62. The predicted octanol–water partition coefficient (Wildman–Crippen LogP) is 1.09. The Morgan fingerprint density at radius 2 is 1.71 bits per heavy atom. The molecule has 1 saturated heterocycles. The van der Waals surface area contributed by atoms with Crippen molar-refractivity contribution in [3.63, 3.8) is 0 Å². The number of hydrogen-bond donors (Lipinski definition) is 2. The fourth-order valence-corrected chi connectivity index (χ4v) is 3.07. The maximum atomic E-state index is 12.4. The zero-order valence-electron chi connectivity index (χ0n) is 17.2. The Morgan fingerprint density at radius 1 is 1.00 bits per heavy atom. The van der Waals surface area contributed by atoms with Gasteiger partial charge in [0.15, 0.2) is 0 Å². The Bertz CT molecular complexity index is 697. The summed E-state index contributed by atoms with van der Waals surface area (Å²) in [7, 11) is 0. The monoisotopic (exact) mass is 388 g/mol. The molecule has 0 bridgehead atoms. The SMILES string of the molecule is CCCCNC(=O)CN1CCN(C(=O)CNC(=O)c2ccc(C)c(C)c2)CC1. The van der Waals surface area contributed by atoms with Gasteiger partial charge in [-0.05, 0) is 43.5 Å². The lowest BCUT2D eigenvalue weighted by molar-refractivity contribution is -0.132. The van der Waals surface area contributed by atoms with E-state index in [-0.39, 0.29) is 24.3 Å². The second kappa shape index (κ2) is 10.8. The number of carbonyl (C=O) groups excluding carboxylic acids is 3. The maximum Gasteiger partial charge on any atom is 0.251 e. The summed E-state index contributed by atoms with van der Waals surface area (Å²) in [5.74, 6) is -0.294. The first kappa shape index (κ1) is 21.9. The van der Waals surface area contributed by atoms with Crippen LogP contribution in [0.4, 0.5) is 0 Å². The number of aryl methyl sites for hydroxylation is 2. The molecule has 0 unspecified atom stereocenters. The molecular weight excluding hydrogens is 356 g/mol. The number of unbranched alkanes of at least 4 members (excludes halogenated alkanes) is 1. The zero-order chi connectivity index (χ0) is 20.5. The Labute approximate surface area is 167 Å². The van der Waals surface area contributed by atoms with E-state index < -0.39 is 0 Å². The molecule has 0 saturated carbocycles. The van der Waals surface area contributed by atoms with Gasteiger partial charge in [-0.25, -0.2) is 0 Å². The van der Waals surface area contributed by atoms with Crippen LogP contribution in [-0.2, 0) is 9.59 Å². The molecule has 3 amide bonds. The first-order valence-electron chi connectivity index (χ1n) is 10.0. The van der Waals surface area contributed by atoms with Gasteiger partial charge >= 0.3 is 0 Å². The van der Waals surface area contributed by atoms with Gasteiger partial charge in [-0.15, -0.1) is 0 Å². The lowest BCUT2D eigenvalue weighted by atomic mass is 10.1. The molecule has 2 N–H and O–H groups in total. The number of benzene rings is 1. The summed E-state index contributed by atoms with van der Waals surface area (Å²) in [5.41, 5.74) is 2.74. The molecule has 0 atom stereocenters. The van der Waals surface area contributed by atoms with Crippen LogP contribution >= 0.6 is 0 Å². The molecule has 0 spiro atoms. The number of rotatable bonds is 8. The highest BCUT2D eigenvalue weighted by Crippen LogP contribution is 2.09. The van der Waals surface area contributed by atoms with Crippen LogP contribution in [0.2, 0.25) is 0 Å².